The van der Waals surface area contributed by atoms with Crippen LogP contribution in [0.4, 0.5) is 0 Å². The molecular weight excluding hydrogens is 268 g/mol. The summed E-state index contributed by atoms with van der Waals surface area (Å²) in [5.74, 6) is 1.80. The van der Waals surface area contributed by atoms with E-state index in [0.29, 0.717) is 6.04 Å². The monoisotopic (exact) mass is 312 g/mol. The van der Waals surface area contributed by atoms with E-state index in [9.17, 15) is 0 Å². The quantitative estimate of drug-likeness (QED) is 0.677. The summed E-state index contributed by atoms with van der Waals surface area (Å²) < 4.78 is 0. The van der Waals surface area contributed by atoms with Gasteiger partial charge in [-0.1, -0.05) is 67.4 Å². The maximum atomic E-state index is 3.97. The van der Waals surface area contributed by atoms with Crippen molar-refractivity contribution in [3.05, 3.63) is 12.3 Å². The topological polar surface area (TPSA) is 15.3 Å². The van der Waals surface area contributed by atoms with Crippen molar-refractivity contribution >= 4 is 0 Å². The van der Waals surface area contributed by atoms with E-state index >= 15 is 0 Å². The Morgan fingerprint density at radius 1 is 1.27 bits per heavy atom. The second kappa shape index (κ2) is 15.4. The summed E-state index contributed by atoms with van der Waals surface area (Å²) in [5, 5.41) is 3.11. The second-order valence-electron chi connectivity index (χ2n) is 6.84. The van der Waals surface area contributed by atoms with E-state index < -0.39 is 0 Å². The normalized spacial score (nSPS) is 21.3. The molecule has 2 nitrogen and oxygen atoms in total. The molecule has 0 aliphatic carbocycles. The highest BCUT2D eigenvalue weighted by Gasteiger charge is 2.22. The Bertz CT molecular complexity index is 248. The number of rotatable bonds is 6. The van der Waals surface area contributed by atoms with Gasteiger partial charge in [0.15, 0.2) is 0 Å². The summed E-state index contributed by atoms with van der Waals surface area (Å²) in [5.41, 5.74) is 1.13. The molecule has 22 heavy (non-hydrogen) atoms. The van der Waals surface area contributed by atoms with Crippen LogP contribution in [0.15, 0.2) is 12.3 Å². The highest BCUT2D eigenvalue weighted by atomic mass is 15.2. The Labute approximate surface area is 141 Å². The van der Waals surface area contributed by atoms with Crippen LogP contribution in [-0.4, -0.2) is 31.1 Å². The van der Waals surface area contributed by atoms with Crippen LogP contribution in [0.1, 0.15) is 80.6 Å². The lowest BCUT2D eigenvalue weighted by molar-refractivity contribution is 0.139. The molecule has 2 unspecified atom stereocenters. The number of hydrogen-bond acceptors (Lipinski definition) is 2. The first kappa shape index (κ1) is 23.8. The van der Waals surface area contributed by atoms with Gasteiger partial charge in [0, 0.05) is 25.3 Å². The van der Waals surface area contributed by atoms with Gasteiger partial charge in [0.1, 0.15) is 0 Å². The van der Waals surface area contributed by atoms with Crippen LogP contribution < -0.4 is 5.32 Å². The first-order chi connectivity index (χ1) is 10.4. The fraction of sp³-hybridized carbons (Fsp3) is 0.900. The molecule has 0 aromatic heterocycles. The Morgan fingerprint density at radius 3 is 2.23 bits per heavy atom. The van der Waals surface area contributed by atoms with Crippen LogP contribution in [0.25, 0.3) is 0 Å². The summed E-state index contributed by atoms with van der Waals surface area (Å²) in [7, 11) is 1.94. The third-order valence-corrected chi connectivity index (χ3v) is 4.16. The van der Waals surface area contributed by atoms with Gasteiger partial charge in [-0.2, -0.15) is 0 Å². The van der Waals surface area contributed by atoms with Gasteiger partial charge in [0.05, 0.1) is 0 Å². The standard InChI is InChI=1S/C11H22N2.C7H16.C2H6/c1-9-5-6-13(11(3)7-9)8-10(2)12-4;1-4-5-6-7(2)3;1-2/h9,11-12H,2,5-8H2,1,3-4H3;7H,4-6H2,1-3H3;1-2H3. The number of likely N-dealkylation sites (tertiary alicyclic amines) is 1. The molecular formula is C20H44N2. The zero-order valence-electron chi connectivity index (χ0n) is 16.8. The van der Waals surface area contributed by atoms with E-state index in [-0.39, 0.29) is 0 Å². The van der Waals surface area contributed by atoms with Crippen LogP contribution in [0, 0.1) is 11.8 Å². The molecule has 0 spiro atoms. The van der Waals surface area contributed by atoms with Crippen molar-refractivity contribution in [2.75, 3.05) is 20.1 Å². The van der Waals surface area contributed by atoms with Gasteiger partial charge in [-0.05, 0) is 38.1 Å². The summed E-state index contributed by atoms with van der Waals surface area (Å²) >= 11 is 0. The molecule has 1 rings (SSSR count). The van der Waals surface area contributed by atoms with E-state index in [0.717, 1.165) is 24.1 Å². The lowest BCUT2D eigenvalue weighted by atomic mass is 9.93. The third kappa shape index (κ3) is 13.2. The molecule has 1 aliphatic rings. The summed E-state index contributed by atoms with van der Waals surface area (Å²) in [6.07, 6.45) is 6.81. The number of hydrogen-bond donors (Lipinski definition) is 1. The molecule has 1 fully saturated rings. The molecule has 134 valence electrons. The van der Waals surface area contributed by atoms with Gasteiger partial charge >= 0.3 is 0 Å². The number of nitrogens with zero attached hydrogens (tertiary/aromatic N) is 1. The average Bonchev–Trinajstić information content (AvgIpc) is 2.50. The van der Waals surface area contributed by atoms with Crippen LogP contribution in [0.5, 0.6) is 0 Å². The van der Waals surface area contributed by atoms with Crippen LogP contribution in [0.2, 0.25) is 0 Å². The Morgan fingerprint density at radius 2 is 1.86 bits per heavy atom. The molecule has 2 heteroatoms. The largest absolute Gasteiger partial charge is 0.391 e. The van der Waals surface area contributed by atoms with Crippen LogP contribution in [-0.2, 0) is 0 Å². The predicted molar refractivity (Wildman–Crippen MR) is 103 cm³/mol. The fourth-order valence-corrected chi connectivity index (χ4v) is 2.63. The van der Waals surface area contributed by atoms with E-state index in [4.69, 9.17) is 0 Å². The molecule has 0 aromatic carbocycles. The minimum atomic E-state index is 0.717. The van der Waals surface area contributed by atoms with Gasteiger partial charge in [0.2, 0.25) is 0 Å². The number of piperidine rings is 1. The van der Waals surface area contributed by atoms with Crippen molar-refractivity contribution in [2.45, 2.75) is 86.6 Å². The maximum Gasteiger partial charge on any atom is 0.0378 e. The summed E-state index contributed by atoms with van der Waals surface area (Å²) in [4.78, 5) is 2.51. The molecule has 1 saturated heterocycles. The van der Waals surface area contributed by atoms with E-state index in [1.807, 2.05) is 20.9 Å². The first-order valence-corrected chi connectivity index (χ1v) is 9.50. The number of unbranched alkanes of at least 4 members (excludes halogenated alkanes) is 1. The first-order valence-electron chi connectivity index (χ1n) is 9.50. The minimum absolute atomic E-state index is 0.717. The zero-order chi connectivity index (χ0) is 17.5. The third-order valence-electron chi connectivity index (χ3n) is 4.16. The predicted octanol–water partition coefficient (Wildman–Crippen LogP) is 5.70. The van der Waals surface area contributed by atoms with Crippen molar-refractivity contribution in [1.29, 1.82) is 0 Å². The van der Waals surface area contributed by atoms with Crippen LogP contribution in [0.3, 0.4) is 0 Å². The number of nitrogens with one attached hydrogen (secondary N) is 1. The lowest BCUT2D eigenvalue weighted by Gasteiger charge is -2.36. The van der Waals surface area contributed by atoms with Crippen molar-refractivity contribution in [3.63, 3.8) is 0 Å². The number of likely N-dealkylation sites (N-methyl/N-ethyl adjacent to an activating group) is 1. The summed E-state index contributed by atoms with van der Waals surface area (Å²) in [6, 6.07) is 0.717. The van der Waals surface area contributed by atoms with Crippen molar-refractivity contribution in [2.24, 2.45) is 11.8 Å². The Kier molecular flexibility index (Phi) is 16.6. The van der Waals surface area contributed by atoms with Crippen molar-refractivity contribution < 1.29 is 0 Å². The zero-order valence-corrected chi connectivity index (χ0v) is 16.8. The van der Waals surface area contributed by atoms with Crippen molar-refractivity contribution in [1.82, 2.24) is 10.2 Å². The molecule has 0 saturated carbocycles. The smallest absolute Gasteiger partial charge is 0.0378 e. The molecule has 0 bridgehead atoms. The van der Waals surface area contributed by atoms with E-state index in [2.05, 4.69) is 51.4 Å². The molecule has 1 aliphatic heterocycles. The SMILES string of the molecule is C=C(CN1CCC(C)CC1C)NC.CC.CCCCC(C)C. The highest BCUT2D eigenvalue weighted by Crippen LogP contribution is 2.22. The molecule has 2 atom stereocenters. The molecule has 0 radical (unpaired) electrons. The Balaban J connectivity index is 0. The lowest BCUT2D eigenvalue weighted by Crippen LogP contribution is -2.42. The minimum Gasteiger partial charge on any atom is -0.391 e. The molecule has 1 N–H and O–H groups in total. The van der Waals surface area contributed by atoms with Gasteiger partial charge < -0.3 is 5.32 Å². The van der Waals surface area contributed by atoms with Crippen LogP contribution >= 0.6 is 0 Å². The summed E-state index contributed by atoms with van der Waals surface area (Å²) in [6.45, 7) is 21.6. The molecule has 0 aromatic rings. The van der Waals surface area contributed by atoms with E-state index in [1.54, 1.807) is 0 Å². The Hall–Kier alpha value is -0.500. The molecule has 1 heterocycles. The van der Waals surface area contributed by atoms with Gasteiger partial charge in [0.25, 0.3) is 0 Å². The average molecular weight is 313 g/mol. The highest BCUT2D eigenvalue weighted by molar-refractivity contribution is 4.95. The van der Waals surface area contributed by atoms with Gasteiger partial charge in [-0.15, -0.1) is 0 Å². The van der Waals surface area contributed by atoms with Gasteiger partial charge in [-0.3, -0.25) is 4.90 Å². The maximum absolute atomic E-state index is 3.97. The van der Waals surface area contributed by atoms with Gasteiger partial charge in [-0.25, -0.2) is 0 Å². The second-order valence-corrected chi connectivity index (χ2v) is 6.84. The van der Waals surface area contributed by atoms with E-state index in [1.165, 1.54) is 38.6 Å². The van der Waals surface area contributed by atoms with Crippen molar-refractivity contribution in [3.8, 4) is 0 Å². The fourth-order valence-electron chi connectivity index (χ4n) is 2.63. The molecule has 0 amide bonds.